The summed E-state index contributed by atoms with van der Waals surface area (Å²) in [4.78, 5) is 3.48. The van der Waals surface area contributed by atoms with E-state index in [1.807, 2.05) is 18.2 Å². The molecule has 0 aliphatic carbocycles. The first kappa shape index (κ1) is 16.5. The molecule has 3 aromatic carbocycles. The molecular weight excluding hydrogens is 356 g/mol. The van der Waals surface area contributed by atoms with Crippen molar-refractivity contribution in [3.63, 3.8) is 0 Å². The van der Waals surface area contributed by atoms with Gasteiger partial charge in [-0.15, -0.1) is 0 Å². The second-order valence-electron chi connectivity index (χ2n) is 6.69. The number of rotatable bonds is 3. The Labute approximate surface area is 163 Å². The molecule has 4 nitrogen and oxygen atoms in total. The van der Waals surface area contributed by atoms with Crippen molar-refractivity contribution < 1.29 is 9.47 Å². The lowest BCUT2D eigenvalue weighted by molar-refractivity contribution is 0.181. The fourth-order valence-electron chi connectivity index (χ4n) is 3.43. The number of hydrogen-bond donors (Lipinski definition) is 0. The van der Waals surface area contributed by atoms with E-state index in [9.17, 15) is 0 Å². The van der Waals surface area contributed by atoms with Gasteiger partial charge in [0.1, 0.15) is 11.5 Å². The highest BCUT2D eigenvalue weighted by Crippen LogP contribution is 2.35. The zero-order valence-corrected chi connectivity index (χ0v) is 15.7. The molecule has 136 valence electrons. The fourth-order valence-corrected chi connectivity index (χ4v) is 4.32. The summed E-state index contributed by atoms with van der Waals surface area (Å²) >= 11 is 1.73. The van der Waals surface area contributed by atoms with Gasteiger partial charge in [0, 0.05) is 34.8 Å². The molecule has 2 heterocycles. The maximum Gasteiger partial charge on any atom is 0.161 e. The summed E-state index contributed by atoms with van der Waals surface area (Å²) in [5.41, 5.74) is 3.60. The quantitative estimate of drug-likeness (QED) is 0.606. The van der Waals surface area contributed by atoms with Crippen LogP contribution in [0.4, 0.5) is 5.69 Å². The third-order valence-corrected chi connectivity index (χ3v) is 5.78. The SMILES string of the molecule is c1ccc(SN2COc3ccc(N4COc5ccccc5C4)cc3C2)cc1. The van der Waals surface area contributed by atoms with Gasteiger partial charge in [-0.25, -0.2) is 4.31 Å². The minimum atomic E-state index is 0.569. The molecule has 0 radical (unpaired) electrons. The lowest BCUT2D eigenvalue weighted by Crippen LogP contribution is -2.32. The molecule has 27 heavy (non-hydrogen) atoms. The highest BCUT2D eigenvalue weighted by molar-refractivity contribution is 7.97. The topological polar surface area (TPSA) is 24.9 Å². The highest BCUT2D eigenvalue weighted by atomic mass is 32.2. The normalized spacial score (nSPS) is 16.1. The van der Waals surface area contributed by atoms with Crippen molar-refractivity contribution >= 4 is 17.6 Å². The van der Waals surface area contributed by atoms with E-state index in [4.69, 9.17) is 9.47 Å². The Hall–Kier alpha value is -2.63. The number of nitrogens with zero attached hydrogens (tertiary/aromatic N) is 2. The summed E-state index contributed by atoms with van der Waals surface area (Å²) in [6.45, 7) is 2.87. The molecule has 2 aliphatic heterocycles. The van der Waals surface area contributed by atoms with Crippen molar-refractivity contribution in [2.45, 2.75) is 18.0 Å². The van der Waals surface area contributed by atoms with Crippen LogP contribution in [0, 0.1) is 0 Å². The van der Waals surface area contributed by atoms with E-state index in [0.29, 0.717) is 13.5 Å². The summed E-state index contributed by atoms with van der Waals surface area (Å²) in [5.74, 6) is 1.96. The number of anilines is 1. The van der Waals surface area contributed by atoms with Crippen molar-refractivity contribution in [1.29, 1.82) is 0 Å². The van der Waals surface area contributed by atoms with Crippen LogP contribution in [0.1, 0.15) is 11.1 Å². The van der Waals surface area contributed by atoms with Crippen LogP contribution in [0.15, 0.2) is 77.7 Å². The molecular formula is C22H20N2O2S. The van der Waals surface area contributed by atoms with Gasteiger partial charge in [-0.3, -0.25) is 0 Å². The van der Waals surface area contributed by atoms with Crippen LogP contribution < -0.4 is 14.4 Å². The molecule has 0 amide bonds. The third-order valence-electron chi connectivity index (χ3n) is 4.81. The summed E-state index contributed by atoms with van der Waals surface area (Å²) in [6, 6.07) is 25.1. The predicted molar refractivity (Wildman–Crippen MR) is 108 cm³/mol. The summed E-state index contributed by atoms with van der Waals surface area (Å²) < 4.78 is 14.1. The molecule has 0 aromatic heterocycles. The van der Waals surface area contributed by atoms with Crippen LogP contribution in [0.25, 0.3) is 0 Å². The minimum absolute atomic E-state index is 0.569. The Kier molecular flexibility index (Phi) is 4.40. The zero-order chi connectivity index (χ0) is 18.1. The molecule has 2 aliphatic rings. The lowest BCUT2D eigenvalue weighted by atomic mass is 10.1. The van der Waals surface area contributed by atoms with Crippen molar-refractivity contribution in [1.82, 2.24) is 4.31 Å². The number of para-hydroxylation sites is 1. The van der Waals surface area contributed by atoms with Crippen molar-refractivity contribution in [2.24, 2.45) is 0 Å². The van der Waals surface area contributed by atoms with Gasteiger partial charge in [-0.2, -0.15) is 0 Å². The molecule has 5 rings (SSSR count). The van der Waals surface area contributed by atoms with Gasteiger partial charge in [0.15, 0.2) is 13.5 Å². The van der Waals surface area contributed by atoms with E-state index < -0.39 is 0 Å². The van der Waals surface area contributed by atoms with Crippen molar-refractivity contribution in [3.05, 3.63) is 83.9 Å². The van der Waals surface area contributed by atoms with Crippen LogP contribution in [0.2, 0.25) is 0 Å². The monoisotopic (exact) mass is 376 g/mol. The van der Waals surface area contributed by atoms with E-state index in [1.54, 1.807) is 11.9 Å². The lowest BCUT2D eigenvalue weighted by Gasteiger charge is -2.33. The Morgan fingerprint density at radius 3 is 2.41 bits per heavy atom. The first-order chi connectivity index (χ1) is 13.3. The molecule has 0 unspecified atom stereocenters. The first-order valence-corrected chi connectivity index (χ1v) is 9.82. The van der Waals surface area contributed by atoms with Gasteiger partial charge >= 0.3 is 0 Å². The summed E-state index contributed by atoms with van der Waals surface area (Å²) in [7, 11) is 0. The first-order valence-electron chi connectivity index (χ1n) is 9.04. The number of hydrogen-bond acceptors (Lipinski definition) is 5. The summed E-state index contributed by atoms with van der Waals surface area (Å²) in [5, 5.41) is 0. The van der Waals surface area contributed by atoms with Crippen LogP contribution in [-0.2, 0) is 13.1 Å². The van der Waals surface area contributed by atoms with Gasteiger partial charge in [0.05, 0.1) is 0 Å². The van der Waals surface area contributed by atoms with Crippen molar-refractivity contribution in [2.75, 3.05) is 18.4 Å². The standard InChI is InChI=1S/C22H20N2O2S/c1-2-7-20(8-3-1)27-24-14-18-12-19(10-11-22(18)26-16-24)23-13-17-6-4-5-9-21(17)25-15-23/h1-12H,13-16H2. The maximum atomic E-state index is 5.96. The molecule has 0 bridgehead atoms. The molecule has 0 atom stereocenters. The van der Waals surface area contributed by atoms with E-state index in [-0.39, 0.29) is 0 Å². The Bertz CT molecular complexity index is 948. The molecule has 5 heteroatoms. The van der Waals surface area contributed by atoms with Crippen LogP contribution in [-0.4, -0.2) is 17.8 Å². The average Bonchev–Trinajstić information content (AvgIpc) is 2.73. The minimum Gasteiger partial charge on any atom is -0.477 e. The maximum absolute atomic E-state index is 5.96. The van der Waals surface area contributed by atoms with Gasteiger partial charge < -0.3 is 14.4 Å². The van der Waals surface area contributed by atoms with Gasteiger partial charge in [0.25, 0.3) is 0 Å². The molecule has 0 saturated heterocycles. The van der Waals surface area contributed by atoms with E-state index >= 15 is 0 Å². The Balaban J connectivity index is 1.34. The molecule has 0 spiro atoms. The number of ether oxygens (including phenoxy) is 2. The van der Waals surface area contributed by atoms with E-state index in [2.05, 4.69) is 63.8 Å². The van der Waals surface area contributed by atoms with Crippen LogP contribution in [0.5, 0.6) is 11.5 Å². The summed E-state index contributed by atoms with van der Waals surface area (Å²) in [6.07, 6.45) is 0. The molecule has 0 N–H and O–H groups in total. The van der Waals surface area contributed by atoms with Gasteiger partial charge in [-0.1, -0.05) is 36.4 Å². The molecule has 0 saturated carbocycles. The van der Waals surface area contributed by atoms with Gasteiger partial charge in [0.2, 0.25) is 0 Å². The largest absolute Gasteiger partial charge is 0.477 e. The fraction of sp³-hybridized carbons (Fsp3) is 0.182. The molecule has 0 fully saturated rings. The second-order valence-corrected chi connectivity index (χ2v) is 7.86. The Morgan fingerprint density at radius 1 is 0.704 bits per heavy atom. The average molecular weight is 376 g/mol. The zero-order valence-electron chi connectivity index (χ0n) is 14.9. The Morgan fingerprint density at radius 2 is 1.48 bits per heavy atom. The van der Waals surface area contributed by atoms with Gasteiger partial charge in [-0.05, 0) is 48.3 Å². The smallest absolute Gasteiger partial charge is 0.161 e. The number of benzene rings is 3. The predicted octanol–water partition coefficient (Wildman–Crippen LogP) is 4.90. The van der Waals surface area contributed by atoms with Crippen LogP contribution in [0.3, 0.4) is 0 Å². The van der Waals surface area contributed by atoms with E-state index in [0.717, 1.165) is 24.6 Å². The molecule has 3 aromatic rings. The van der Waals surface area contributed by atoms with Crippen molar-refractivity contribution in [3.8, 4) is 11.5 Å². The van der Waals surface area contributed by atoms with Crippen LogP contribution >= 0.6 is 11.9 Å². The second kappa shape index (κ2) is 7.18. The highest BCUT2D eigenvalue weighted by Gasteiger charge is 2.22. The van der Waals surface area contributed by atoms with E-state index in [1.165, 1.54) is 21.7 Å². The number of fused-ring (bicyclic) bond motifs is 2. The third kappa shape index (κ3) is 3.48.